The first-order valence-corrected chi connectivity index (χ1v) is 7.45. The van der Waals surface area contributed by atoms with Crippen molar-refractivity contribution in [3.8, 4) is 0 Å². The zero-order valence-electron chi connectivity index (χ0n) is 10.0. The van der Waals surface area contributed by atoms with Crippen LogP contribution in [0, 0.1) is 0 Å². The molecule has 0 aliphatic carbocycles. The minimum Gasteiger partial charge on any atom is -0.383 e. The molecular formula is C11H18N4O2S. The SMILES string of the molecule is NS(=O)(=O)Nc1cccc(NCC2CCCN2)c1. The van der Waals surface area contributed by atoms with Crippen molar-refractivity contribution in [3.63, 3.8) is 0 Å². The van der Waals surface area contributed by atoms with E-state index in [1.165, 1.54) is 12.8 Å². The van der Waals surface area contributed by atoms with Crippen molar-refractivity contribution in [2.45, 2.75) is 18.9 Å². The molecule has 0 saturated carbocycles. The summed E-state index contributed by atoms with van der Waals surface area (Å²) in [5.41, 5.74) is 1.33. The fraction of sp³-hybridized carbons (Fsp3) is 0.455. The lowest BCUT2D eigenvalue weighted by Crippen LogP contribution is -2.29. The molecule has 6 nitrogen and oxygen atoms in total. The first-order valence-electron chi connectivity index (χ1n) is 5.91. The molecule has 0 aromatic heterocycles. The normalized spacial score (nSPS) is 19.7. The molecule has 0 radical (unpaired) electrons. The highest BCUT2D eigenvalue weighted by atomic mass is 32.2. The van der Waals surface area contributed by atoms with Crippen LogP contribution in [0.25, 0.3) is 0 Å². The third kappa shape index (κ3) is 4.17. The van der Waals surface area contributed by atoms with E-state index in [1.54, 1.807) is 18.2 Å². The van der Waals surface area contributed by atoms with E-state index in [9.17, 15) is 8.42 Å². The van der Waals surface area contributed by atoms with E-state index in [0.29, 0.717) is 11.7 Å². The molecule has 5 N–H and O–H groups in total. The smallest absolute Gasteiger partial charge is 0.296 e. The monoisotopic (exact) mass is 270 g/mol. The Balaban J connectivity index is 1.94. The van der Waals surface area contributed by atoms with Gasteiger partial charge in [0, 0.05) is 18.3 Å². The van der Waals surface area contributed by atoms with Crippen LogP contribution in [0.1, 0.15) is 12.8 Å². The van der Waals surface area contributed by atoms with Crippen LogP contribution >= 0.6 is 0 Å². The molecule has 2 rings (SSSR count). The lowest BCUT2D eigenvalue weighted by atomic mass is 10.2. The summed E-state index contributed by atoms with van der Waals surface area (Å²) >= 11 is 0. The minimum absolute atomic E-state index is 0.460. The summed E-state index contributed by atoms with van der Waals surface area (Å²) in [7, 11) is -3.71. The third-order valence-corrected chi connectivity index (χ3v) is 3.36. The van der Waals surface area contributed by atoms with E-state index < -0.39 is 10.2 Å². The van der Waals surface area contributed by atoms with E-state index in [1.807, 2.05) is 6.07 Å². The molecule has 0 amide bonds. The highest BCUT2D eigenvalue weighted by Crippen LogP contribution is 2.16. The van der Waals surface area contributed by atoms with Crippen molar-refractivity contribution in [3.05, 3.63) is 24.3 Å². The van der Waals surface area contributed by atoms with Crippen LogP contribution in [0.4, 0.5) is 11.4 Å². The van der Waals surface area contributed by atoms with E-state index in [4.69, 9.17) is 5.14 Å². The second-order valence-corrected chi connectivity index (χ2v) is 5.70. The Hall–Kier alpha value is -1.31. The van der Waals surface area contributed by atoms with Gasteiger partial charge in [-0.05, 0) is 37.6 Å². The molecule has 18 heavy (non-hydrogen) atoms. The minimum atomic E-state index is -3.71. The summed E-state index contributed by atoms with van der Waals surface area (Å²) in [4.78, 5) is 0. The number of hydrogen-bond donors (Lipinski definition) is 4. The van der Waals surface area contributed by atoms with Crippen molar-refractivity contribution in [2.24, 2.45) is 5.14 Å². The second kappa shape index (κ2) is 5.55. The molecule has 1 aromatic carbocycles. The summed E-state index contributed by atoms with van der Waals surface area (Å²) in [6, 6.07) is 7.53. The fourth-order valence-electron chi connectivity index (χ4n) is 2.03. The van der Waals surface area contributed by atoms with Gasteiger partial charge >= 0.3 is 0 Å². The number of hydrogen-bond acceptors (Lipinski definition) is 4. The zero-order chi connectivity index (χ0) is 13.0. The number of anilines is 2. The van der Waals surface area contributed by atoms with Gasteiger partial charge in [-0.15, -0.1) is 0 Å². The predicted molar refractivity (Wildman–Crippen MR) is 72.7 cm³/mol. The Kier molecular flexibility index (Phi) is 4.05. The van der Waals surface area contributed by atoms with Crippen LogP contribution in [-0.4, -0.2) is 27.5 Å². The van der Waals surface area contributed by atoms with Crippen molar-refractivity contribution < 1.29 is 8.42 Å². The standard InChI is InChI=1S/C11H18N4O2S/c12-18(16,17)15-10-4-1-3-9(7-10)14-8-11-5-2-6-13-11/h1,3-4,7,11,13-15H,2,5-6,8H2,(H2,12,16,17). The predicted octanol–water partition coefficient (Wildman–Crippen LogP) is 0.466. The average Bonchev–Trinajstić information content (AvgIpc) is 2.77. The van der Waals surface area contributed by atoms with Gasteiger partial charge in [-0.3, -0.25) is 4.72 Å². The van der Waals surface area contributed by atoms with Gasteiger partial charge in [0.25, 0.3) is 10.2 Å². The third-order valence-electron chi connectivity index (χ3n) is 2.84. The summed E-state index contributed by atoms with van der Waals surface area (Å²) < 4.78 is 24.1. The number of benzene rings is 1. The van der Waals surface area contributed by atoms with Crippen LogP contribution in [-0.2, 0) is 10.2 Å². The molecule has 1 saturated heterocycles. The first kappa shape index (κ1) is 13.1. The molecule has 0 bridgehead atoms. The maximum absolute atomic E-state index is 10.9. The lowest BCUT2D eigenvalue weighted by molar-refractivity contribution is 0.603. The highest BCUT2D eigenvalue weighted by molar-refractivity contribution is 7.90. The van der Waals surface area contributed by atoms with Gasteiger partial charge in [0.05, 0.1) is 5.69 Å². The first-order chi connectivity index (χ1) is 8.53. The maximum Gasteiger partial charge on any atom is 0.296 e. The van der Waals surface area contributed by atoms with E-state index in [0.717, 1.165) is 18.8 Å². The van der Waals surface area contributed by atoms with Crippen molar-refractivity contribution in [1.82, 2.24) is 5.32 Å². The Labute approximate surface area is 107 Å². The van der Waals surface area contributed by atoms with Gasteiger partial charge in [0.1, 0.15) is 0 Å². The topological polar surface area (TPSA) is 96.2 Å². The molecule has 1 fully saturated rings. The largest absolute Gasteiger partial charge is 0.383 e. The zero-order valence-corrected chi connectivity index (χ0v) is 10.8. The van der Waals surface area contributed by atoms with Crippen LogP contribution < -0.4 is 20.5 Å². The molecule has 0 spiro atoms. The Morgan fingerprint density at radius 3 is 2.83 bits per heavy atom. The Morgan fingerprint density at radius 2 is 2.17 bits per heavy atom. The summed E-state index contributed by atoms with van der Waals surface area (Å²) in [6.07, 6.45) is 2.38. The van der Waals surface area contributed by atoms with Gasteiger partial charge in [-0.1, -0.05) is 6.07 Å². The van der Waals surface area contributed by atoms with E-state index >= 15 is 0 Å². The summed E-state index contributed by atoms with van der Waals surface area (Å²) in [5.74, 6) is 0. The maximum atomic E-state index is 10.9. The number of rotatable bonds is 5. The molecule has 1 heterocycles. The van der Waals surface area contributed by atoms with E-state index in [2.05, 4.69) is 15.4 Å². The molecule has 100 valence electrons. The van der Waals surface area contributed by atoms with Crippen LogP contribution in [0.3, 0.4) is 0 Å². The quantitative estimate of drug-likeness (QED) is 0.625. The molecule has 1 aliphatic rings. The molecular weight excluding hydrogens is 252 g/mol. The fourth-order valence-corrected chi connectivity index (χ4v) is 2.48. The summed E-state index contributed by atoms with van der Waals surface area (Å²) in [5, 5.41) is 11.6. The number of nitrogens with two attached hydrogens (primary N) is 1. The molecule has 7 heteroatoms. The lowest BCUT2D eigenvalue weighted by Gasteiger charge is -2.13. The second-order valence-electron chi connectivity index (χ2n) is 4.40. The van der Waals surface area contributed by atoms with Crippen molar-refractivity contribution in [2.75, 3.05) is 23.1 Å². The average molecular weight is 270 g/mol. The van der Waals surface area contributed by atoms with Gasteiger partial charge in [0.2, 0.25) is 0 Å². The number of nitrogens with one attached hydrogen (secondary N) is 3. The van der Waals surface area contributed by atoms with Crippen molar-refractivity contribution >= 4 is 21.6 Å². The molecule has 1 aromatic rings. The molecule has 1 aliphatic heterocycles. The Morgan fingerprint density at radius 1 is 1.39 bits per heavy atom. The van der Waals surface area contributed by atoms with Crippen LogP contribution in [0.5, 0.6) is 0 Å². The van der Waals surface area contributed by atoms with Gasteiger partial charge < -0.3 is 10.6 Å². The highest BCUT2D eigenvalue weighted by Gasteiger charge is 2.13. The Bertz CT molecular complexity index is 498. The molecule has 1 atom stereocenters. The van der Waals surface area contributed by atoms with Gasteiger partial charge in [-0.2, -0.15) is 8.42 Å². The van der Waals surface area contributed by atoms with Crippen LogP contribution in [0.15, 0.2) is 24.3 Å². The van der Waals surface area contributed by atoms with Gasteiger partial charge in [0.15, 0.2) is 0 Å². The summed E-state index contributed by atoms with van der Waals surface area (Å²) in [6.45, 7) is 1.90. The van der Waals surface area contributed by atoms with Crippen LogP contribution in [0.2, 0.25) is 0 Å². The van der Waals surface area contributed by atoms with Gasteiger partial charge in [-0.25, -0.2) is 5.14 Å². The van der Waals surface area contributed by atoms with Crippen molar-refractivity contribution in [1.29, 1.82) is 0 Å². The molecule has 1 unspecified atom stereocenters. The van der Waals surface area contributed by atoms with E-state index in [-0.39, 0.29) is 0 Å².